The molecule has 0 N–H and O–H groups in total. The van der Waals surface area contributed by atoms with Gasteiger partial charge in [-0.1, -0.05) is 0 Å². The van der Waals surface area contributed by atoms with Crippen LogP contribution >= 0.6 is 0 Å². The van der Waals surface area contributed by atoms with Crippen molar-refractivity contribution >= 4 is 17.5 Å². The number of morpholine rings is 1. The lowest BCUT2D eigenvalue weighted by Crippen LogP contribution is -2.46. The molecule has 2 aliphatic rings. The first-order chi connectivity index (χ1) is 11.5. The van der Waals surface area contributed by atoms with Crippen molar-refractivity contribution in [3.05, 3.63) is 29.8 Å². The number of anilines is 2. The summed E-state index contributed by atoms with van der Waals surface area (Å²) in [6.07, 6.45) is 5.42. The van der Waals surface area contributed by atoms with Crippen LogP contribution < -0.4 is 9.80 Å². The van der Waals surface area contributed by atoms with Gasteiger partial charge in [-0.05, 0) is 13.8 Å². The molecule has 0 unspecified atom stereocenters. The molecule has 0 bridgehead atoms. The van der Waals surface area contributed by atoms with Gasteiger partial charge in [0, 0.05) is 32.5 Å². The monoisotopic (exact) mass is 328 g/mol. The van der Waals surface area contributed by atoms with Crippen LogP contribution in [0.3, 0.4) is 0 Å². The number of carbonyl (C=O) groups excluding carboxylic acids is 1. The van der Waals surface area contributed by atoms with Crippen LogP contribution in [0.1, 0.15) is 29.9 Å². The predicted molar refractivity (Wildman–Crippen MR) is 88.0 cm³/mol. The van der Waals surface area contributed by atoms with Crippen LogP contribution in [-0.4, -0.2) is 51.0 Å². The van der Waals surface area contributed by atoms with E-state index in [4.69, 9.17) is 4.74 Å². The van der Waals surface area contributed by atoms with Crippen molar-refractivity contribution in [2.45, 2.75) is 32.6 Å². The average Bonchev–Trinajstić information content (AvgIpc) is 3.10. The van der Waals surface area contributed by atoms with Crippen LogP contribution in [0, 0.1) is 0 Å². The summed E-state index contributed by atoms with van der Waals surface area (Å²) in [6, 6.07) is 0. The quantitative estimate of drug-likeness (QED) is 0.818. The molecular weight excluding hydrogens is 308 g/mol. The normalized spacial score (nSPS) is 23.7. The van der Waals surface area contributed by atoms with E-state index in [1.165, 1.54) is 0 Å². The Hall–Kier alpha value is -2.48. The second-order valence-electron chi connectivity index (χ2n) is 6.46. The Morgan fingerprint density at radius 2 is 1.96 bits per heavy atom. The molecular formula is C16H20N6O2. The first-order valence-electron chi connectivity index (χ1n) is 8.08. The maximum absolute atomic E-state index is 12.6. The number of fused-ring (bicyclic) bond motifs is 1. The third-order valence-electron chi connectivity index (χ3n) is 4.34. The Balaban J connectivity index is 1.61. The number of rotatable bonds is 2. The Labute approximate surface area is 140 Å². The van der Waals surface area contributed by atoms with E-state index >= 15 is 0 Å². The van der Waals surface area contributed by atoms with Gasteiger partial charge in [-0.3, -0.25) is 14.4 Å². The molecule has 4 heterocycles. The van der Waals surface area contributed by atoms with Gasteiger partial charge < -0.3 is 9.64 Å². The Morgan fingerprint density at radius 1 is 1.21 bits per heavy atom. The summed E-state index contributed by atoms with van der Waals surface area (Å²) in [5.74, 6) is 0.588. The van der Waals surface area contributed by atoms with Gasteiger partial charge in [0.2, 0.25) is 5.95 Å². The van der Waals surface area contributed by atoms with E-state index in [0.717, 1.165) is 24.5 Å². The van der Waals surface area contributed by atoms with Gasteiger partial charge in [0.1, 0.15) is 0 Å². The summed E-state index contributed by atoms with van der Waals surface area (Å²) in [6.45, 7) is 6.05. The fraction of sp³-hybridized carbons (Fsp3) is 0.500. The van der Waals surface area contributed by atoms with Crippen LogP contribution in [0.2, 0.25) is 0 Å². The van der Waals surface area contributed by atoms with E-state index in [1.54, 1.807) is 22.0 Å². The smallest absolute Gasteiger partial charge is 0.262 e. The first kappa shape index (κ1) is 15.1. The second-order valence-corrected chi connectivity index (χ2v) is 6.46. The van der Waals surface area contributed by atoms with Crippen LogP contribution in [-0.2, 0) is 18.3 Å². The van der Waals surface area contributed by atoms with Crippen LogP contribution in [0.4, 0.5) is 11.6 Å². The number of carbonyl (C=O) groups is 1. The van der Waals surface area contributed by atoms with E-state index in [0.29, 0.717) is 18.1 Å². The van der Waals surface area contributed by atoms with Crippen molar-refractivity contribution in [3.8, 4) is 0 Å². The van der Waals surface area contributed by atoms with Crippen molar-refractivity contribution < 1.29 is 9.53 Å². The van der Waals surface area contributed by atoms with Gasteiger partial charge in [0.15, 0.2) is 0 Å². The fourth-order valence-corrected chi connectivity index (χ4v) is 3.32. The Bertz CT molecular complexity index is 779. The van der Waals surface area contributed by atoms with E-state index in [1.807, 2.05) is 27.1 Å². The molecule has 0 radical (unpaired) electrons. The van der Waals surface area contributed by atoms with Crippen LogP contribution in [0.5, 0.6) is 0 Å². The summed E-state index contributed by atoms with van der Waals surface area (Å²) >= 11 is 0. The minimum atomic E-state index is -0.0757. The topological polar surface area (TPSA) is 76.4 Å². The molecule has 4 rings (SSSR count). The predicted octanol–water partition coefficient (Wildman–Crippen LogP) is 0.984. The number of aromatic nitrogens is 4. The molecule has 2 aromatic rings. The number of ether oxygens (including phenoxy) is 1. The van der Waals surface area contributed by atoms with Gasteiger partial charge in [-0.25, -0.2) is 9.97 Å². The van der Waals surface area contributed by atoms with Crippen LogP contribution in [0.25, 0.3) is 0 Å². The maximum atomic E-state index is 12.6. The minimum absolute atomic E-state index is 0.0757. The summed E-state index contributed by atoms with van der Waals surface area (Å²) < 4.78 is 7.44. The SMILES string of the molecule is C[C@@H]1CN(c2ncc3c(n2)CN(c2cnn(C)c2)C3=O)C[C@@H](C)O1. The Kier molecular flexibility index (Phi) is 3.49. The molecule has 0 aliphatic carbocycles. The molecule has 0 aromatic carbocycles. The first-order valence-corrected chi connectivity index (χ1v) is 8.08. The van der Waals surface area contributed by atoms with Crippen molar-refractivity contribution in [2.75, 3.05) is 22.9 Å². The van der Waals surface area contributed by atoms with Crippen molar-refractivity contribution in [1.82, 2.24) is 19.7 Å². The zero-order chi connectivity index (χ0) is 16.8. The van der Waals surface area contributed by atoms with E-state index in [-0.39, 0.29) is 18.1 Å². The summed E-state index contributed by atoms with van der Waals surface area (Å²) in [5, 5.41) is 4.13. The van der Waals surface area contributed by atoms with Gasteiger partial charge in [0.05, 0.1) is 41.9 Å². The lowest BCUT2D eigenvalue weighted by atomic mass is 10.2. The van der Waals surface area contributed by atoms with E-state index in [2.05, 4.69) is 20.0 Å². The second kappa shape index (κ2) is 5.55. The molecule has 126 valence electrons. The van der Waals surface area contributed by atoms with E-state index < -0.39 is 0 Å². The van der Waals surface area contributed by atoms with Crippen molar-refractivity contribution in [2.24, 2.45) is 7.05 Å². The molecule has 1 amide bonds. The van der Waals surface area contributed by atoms with Gasteiger partial charge in [-0.2, -0.15) is 5.10 Å². The largest absolute Gasteiger partial charge is 0.372 e. The van der Waals surface area contributed by atoms with Gasteiger partial charge in [0.25, 0.3) is 5.91 Å². The standard InChI is InChI=1S/C16H20N6O2/c1-10-6-21(7-11(2)24-10)16-17-5-13-14(19-16)9-22(15(13)23)12-4-18-20(3)8-12/h4-5,8,10-11H,6-7,9H2,1-3H3/t10-,11-/m1/s1. The molecule has 8 nitrogen and oxygen atoms in total. The van der Waals surface area contributed by atoms with E-state index in [9.17, 15) is 4.79 Å². The van der Waals surface area contributed by atoms with Crippen molar-refractivity contribution in [1.29, 1.82) is 0 Å². The number of hydrogen-bond donors (Lipinski definition) is 0. The van der Waals surface area contributed by atoms with Crippen molar-refractivity contribution in [3.63, 3.8) is 0 Å². The fourth-order valence-electron chi connectivity index (χ4n) is 3.32. The lowest BCUT2D eigenvalue weighted by Gasteiger charge is -2.35. The maximum Gasteiger partial charge on any atom is 0.262 e. The number of amides is 1. The molecule has 1 saturated heterocycles. The molecule has 2 aliphatic heterocycles. The Morgan fingerprint density at radius 3 is 2.62 bits per heavy atom. The molecule has 0 saturated carbocycles. The highest BCUT2D eigenvalue weighted by atomic mass is 16.5. The highest BCUT2D eigenvalue weighted by molar-refractivity contribution is 6.09. The molecule has 2 atom stereocenters. The number of nitrogens with zero attached hydrogens (tertiary/aromatic N) is 6. The number of aryl methyl sites for hydroxylation is 1. The molecule has 8 heteroatoms. The average molecular weight is 328 g/mol. The zero-order valence-electron chi connectivity index (χ0n) is 14.0. The van der Waals surface area contributed by atoms with Gasteiger partial charge >= 0.3 is 0 Å². The summed E-state index contributed by atoms with van der Waals surface area (Å²) in [5.41, 5.74) is 2.10. The highest BCUT2D eigenvalue weighted by Crippen LogP contribution is 2.28. The number of hydrogen-bond acceptors (Lipinski definition) is 6. The van der Waals surface area contributed by atoms with Gasteiger partial charge in [-0.15, -0.1) is 0 Å². The lowest BCUT2D eigenvalue weighted by molar-refractivity contribution is -0.00573. The molecule has 0 spiro atoms. The molecule has 1 fully saturated rings. The molecule has 2 aromatic heterocycles. The van der Waals surface area contributed by atoms with Crippen LogP contribution in [0.15, 0.2) is 18.6 Å². The summed E-state index contributed by atoms with van der Waals surface area (Å²) in [4.78, 5) is 25.4. The third-order valence-corrected chi connectivity index (χ3v) is 4.34. The zero-order valence-corrected chi connectivity index (χ0v) is 14.0. The third kappa shape index (κ3) is 2.52. The minimum Gasteiger partial charge on any atom is -0.372 e. The summed E-state index contributed by atoms with van der Waals surface area (Å²) in [7, 11) is 1.83. The molecule has 24 heavy (non-hydrogen) atoms. The highest BCUT2D eigenvalue weighted by Gasteiger charge is 2.32.